The van der Waals surface area contributed by atoms with Crippen molar-refractivity contribution >= 4 is 17.7 Å². The van der Waals surface area contributed by atoms with Crippen LogP contribution < -0.4 is 10.1 Å². The Kier molecular flexibility index (Phi) is 4.96. The molecule has 1 aliphatic rings. The summed E-state index contributed by atoms with van der Waals surface area (Å²) >= 11 is 0. The molecule has 2 amide bonds. The number of cyclic esters (lactones) is 1. The van der Waals surface area contributed by atoms with Gasteiger partial charge in [-0.2, -0.15) is 0 Å². The Labute approximate surface area is 140 Å². The van der Waals surface area contributed by atoms with Crippen LogP contribution >= 0.6 is 0 Å². The molecule has 0 radical (unpaired) electrons. The Morgan fingerprint density at radius 3 is 2.46 bits per heavy atom. The van der Waals surface area contributed by atoms with Gasteiger partial charge < -0.3 is 19.7 Å². The molecule has 1 aliphatic heterocycles. The predicted octanol–water partition coefficient (Wildman–Crippen LogP) is 3.26. The number of nitrogens with zero attached hydrogens (tertiary/aromatic N) is 1. The Hall–Kier alpha value is -3.02. The molecule has 0 atom stereocenters. The maximum Gasteiger partial charge on any atom is 0.409 e. The van der Waals surface area contributed by atoms with Gasteiger partial charge in [0.2, 0.25) is 5.91 Å². The fraction of sp³-hybridized carbons (Fsp3) is 0.222. The van der Waals surface area contributed by atoms with Gasteiger partial charge in [-0.1, -0.05) is 18.2 Å². The number of hydrogen-bond acceptors (Lipinski definition) is 4. The molecule has 0 spiro atoms. The van der Waals surface area contributed by atoms with Gasteiger partial charge in [-0.05, 0) is 36.4 Å². The van der Waals surface area contributed by atoms with Crippen molar-refractivity contribution in [3.05, 3.63) is 54.6 Å². The molecule has 1 N–H and O–H groups in total. The predicted molar refractivity (Wildman–Crippen MR) is 89.1 cm³/mol. The van der Waals surface area contributed by atoms with Gasteiger partial charge in [0.15, 0.2) is 0 Å². The van der Waals surface area contributed by atoms with E-state index in [4.69, 9.17) is 9.47 Å². The summed E-state index contributed by atoms with van der Waals surface area (Å²) in [6.45, 7) is 1.29. The van der Waals surface area contributed by atoms with Crippen LogP contribution in [0, 0.1) is 0 Å². The molecule has 6 nitrogen and oxygen atoms in total. The average molecular weight is 326 g/mol. The van der Waals surface area contributed by atoms with Crippen LogP contribution in [0.1, 0.15) is 6.42 Å². The van der Waals surface area contributed by atoms with E-state index in [0.29, 0.717) is 31.1 Å². The van der Waals surface area contributed by atoms with Crippen molar-refractivity contribution in [1.82, 2.24) is 4.90 Å². The summed E-state index contributed by atoms with van der Waals surface area (Å²) in [5.74, 6) is 1.30. The lowest BCUT2D eigenvalue weighted by Crippen LogP contribution is -2.28. The van der Waals surface area contributed by atoms with Crippen molar-refractivity contribution in [2.45, 2.75) is 6.42 Å². The molecule has 6 heteroatoms. The number of para-hydroxylation sites is 1. The van der Waals surface area contributed by atoms with Crippen molar-refractivity contribution in [3.63, 3.8) is 0 Å². The third-order valence-corrected chi connectivity index (χ3v) is 3.57. The Balaban J connectivity index is 1.48. The van der Waals surface area contributed by atoms with E-state index < -0.39 is 0 Å². The summed E-state index contributed by atoms with van der Waals surface area (Å²) in [5.41, 5.74) is 0.685. The zero-order valence-electron chi connectivity index (χ0n) is 13.1. The van der Waals surface area contributed by atoms with E-state index >= 15 is 0 Å². The first kappa shape index (κ1) is 15.9. The molecule has 3 rings (SSSR count). The highest BCUT2D eigenvalue weighted by molar-refractivity contribution is 5.91. The van der Waals surface area contributed by atoms with E-state index in [1.54, 1.807) is 24.3 Å². The van der Waals surface area contributed by atoms with Gasteiger partial charge in [-0.15, -0.1) is 0 Å². The zero-order valence-corrected chi connectivity index (χ0v) is 13.1. The molecule has 1 fully saturated rings. The number of amides is 2. The van der Waals surface area contributed by atoms with Crippen LogP contribution in [0.2, 0.25) is 0 Å². The minimum absolute atomic E-state index is 0.147. The van der Waals surface area contributed by atoms with E-state index in [1.807, 2.05) is 30.3 Å². The normalized spacial score (nSPS) is 13.5. The molecule has 0 saturated carbocycles. The fourth-order valence-electron chi connectivity index (χ4n) is 2.32. The molecule has 0 aromatic heterocycles. The molecular weight excluding hydrogens is 308 g/mol. The number of nitrogens with one attached hydrogen (secondary N) is 1. The van der Waals surface area contributed by atoms with Crippen LogP contribution in [0.25, 0.3) is 0 Å². The van der Waals surface area contributed by atoms with E-state index in [2.05, 4.69) is 5.32 Å². The lowest BCUT2D eigenvalue weighted by atomic mass is 10.2. The van der Waals surface area contributed by atoms with Gasteiger partial charge in [0, 0.05) is 18.7 Å². The molecule has 1 heterocycles. The summed E-state index contributed by atoms with van der Waals surface area (Å²) in [7, 11) is 0. The van der Waals surface area contributed by atoms with Gasteiger partial charge in [-0.25, -0.2) is 4.79 Å². The molecule has 0 unspecified atom stereocenters. The van der Waals surface area contributed by atoms with Gasteiger partial charge in [0.05, 0.1) is 6.54 Å². The quantitative estimate of drug-likeness (QED) is 0.885. The second kappa shape index (κ2) is 7.50. The second-order valence-electron chi connectivity index (χ2n) is 5.34. The topological polar surface area (TPSA) is 67.9 Å². The lowest BCUT2D eigenvalue weighted by molar-refractivity contribution is -0.116. The summed E-state index contributed by atoms with van der Waals surface area (Å²) in [6, 6.07) is 16.6. The number of carbonyl (C=O) groups excluding carboxylic acids is 2. The first-order valence-corrected chi connectivity index (χ1v) is 7.75. The molecule has 1 saturated heterocycles. The van der Waals surface area contributed by atoms with E-state index in [1.165, 1.54) is 4.90 Å². The number of rotatable bonds is 6. The minimum Gasteiger partial charge on any atom is -0.457 e. The van der Waals surface area contributed by atoms with Crippen molar-refractivity contribution in [3.8, 4) is 11.5 Å². The number of anilines is 1. The molecule has 2 aromatic carbocycles. The maximum atomic E-state index is 11.9. The van der Waals surface area contributed by atoms with Crippen molar-refractivity contribution in [2.75, 3.05) is 25.0 Å². The van der Waals surface area contributed by atoms with Crippen LogP contribution in [0.3, 0.4) is 0 Å². The standard InChI is InChI=1S/C18H18N2O4/c21-17(10-11-20-12-13-23-18(20)22)19-14-6-8-16(9-7-14)24-15-4-2-1-3-5-15/h1-9H,10-13H2,(H,19,21). The zero-order chi connectivity index (χ0) is 16.8. The number of ether oxygens (including phenoxy) is 2. The summed E-state index contributed by atoms with van der Waals surface area (Å²) in [6.07, 6.45) is -0.123. The molecule has 0 aliphatic carbocycles. The van der Waals surface area contributed by atoms with Crippen molar-refractivity contribution in [2.24, 2.45) is 0 Å². The van der Waals surface area contributed by atoms with Gasteiger partial charge >= 0.3 is 6.09 Å². The lowest BCUT2D eigenvalue weighted by Gasteiger charge is -2.12. The highest BCUT2D eigenvalue weighted by Crippen LogP contribution is 2.22. The SMILES string of the molecule is O=C(CCN1CCOC1=O)Nc1ccc(Oc2ccccc2)cc1. The van der Waals surface area contributed by atoms with Crippen LogP contribution in [0.15, 0.2) is 54.6 Å². The second-order valence-corrected chi connectivity index (χ2v) is 5.34. The third-order valence-electron chi connectivity index (χ3n) is 3.57. The monoisotopic (exact) mass is 326 g/mol. The molecule has 24 heavy (non-hydrogen) atoms. The van der Waals surface area contributed by atoms with Gasteiger partial charge in [0.25, 0.3) is 0 Å². The van der Waals surface area contributed by atoms with Crippen LogP contribution in [-0.4, -0.2) is 36.6 Å². The van der Waals surface area contributed by atoms with E-state index in [0.717, 1.165) is 5.75 Å². The minimum atomic E-state index is -0.356. The molecular formula is C18H18N2O4. The summed E-state index contributed by atoms with van der Waals surface area (Å²) < 4.78 is 10.5. The average Bonchev–Trinajstić information content (AvgIpc) is 3.01. The Morgan fingerprint density at radius 2 is 1.79 bits per heavy atom. The van der Waals surface area contributed by atoms with E-state index in [-0.39, 0.29) is 18.4 Å². The number of hydrogen-bond donors (Lipinski definition) is 1. The van der Waals surface area contributed by atoms with Crippen LogP contribution in [0.4, 0.5) is 10.5 Å². The highest BCUT2D eigenvalue weighted by atomic mass is 16.6. The largest absolute Gasteiger partial charge is 0.457 e. The maximum absolute atomic E-state index is 11.9. The third kappa shape index (κ3) is 4.25. The van der Waals surface area contributed by atoms with Crippen molar-refractivity contribution < 1.29 is 19.1 Å². The first-order chi connectivity index (χ1) is 11.7. The smallest absolute Gasteiger partial charge is 0.409 e. The van der Waals surface area contributed by atoms with E-state index in [9.17, 15) is 9.59 Å². The van der Waals surface area contributed by atoms with Crippen molar-refractivity contribution in [1.29, 1.82) is 0 Å². The molecule has 124 valence electrons. The highest BCUT2D eigenvalue weighted by Gasteiger charge is 2.22. The summed E-state index contributed by atoms with van der Waals surface area (Å²) in [4.78, 5) is 24.7. The first-order valence-electron chi connectivity index (χ1n) is 7.75. The van der Waals surface area contributed by atoms with Crippen LogP contribution in [-0.2, 0) is 9.53 Å². The number of carbonyl (C=O) groups is 2. The molecule has 2 aromatic rings. The number of benzene rings is 2. The van der Waals surface area contributed by atoms with Crippen LogP contribution in [0.5, 0.6) is 11.5 Å². The van der Waals surface area contributed by atoms with Gasteiger partial charge in [-0.3, -0.25) is 4.79 Å². The van der Waals surface area contributed by atoms with Gasteiger partial charge in [0.1, 0.15) is 18.1 Å². The fourth-order valence-corrected chi connectivity index (χ4v) is 2.32. The Bertz CT molecular complexity index is 701. The molecule has 0 bridgehead atoms. The Morgan fingerprint density at radius 1 is 1.08 bits per heavy atom. The summed E-state index contributed by atoms with van der Waals surface area (Å²) in [5, 5.41) is 2.80.